The summed E-state index contributed by atoms with van der Waals surface area (Å²) in [6, 6.07) is 10.1. The van der Waals surface area contributed by atoms with Crippen molar-refractivity contribution < 1.29 is 0 Å². The largest absolute Gasteiger partial charge is 0.383 e. The van der Waals surface area contributed by atoms with Gasteiger partial charge in [0.25, 0.3) is 0 Å². The minimum atomic E-state index is 0.621. The van der Waals surface area contributed by atoms with Crippen molar-refractivity contribution in [1.82, 2.24) is 15.0 Å². The molecule has 2 aromatic heterocycles. The van der Waals surface area contributed by atoms with E-state index in [1.165, 1.54) is 0 Å². The molecule has 1 aliphatic rings. The molecule has 0 amide bonds. The van der Waals surface area contributed by atoms with Gasteiger partial charge < -0.3 is 5.73 Å². The number of fused-ring (bicyclic) bond motifs is 2. The molecular weight excluding hydrogens is 248 g/mol. The first-order chi connectivity index (χ1) is 9.81. The lowest BCUT2D eigenvalue weighted by Crippen LogP contribution is -2.03. The number of nitrogens with zero attached hydrogens (tertiary/aromatic N) is 3. The predicted octanol–water partition coefficient (Wildman–Crippen LogP) is 2.76. The van der Waals surface area contributed by atoms with Crippen LogP contribution in [0.25, 0.3) is 22.3 Å². The van der Waals surface area contributed by atoms with E-state index in [1.807, 2.05) is 30.5 Å². The van der Waals surface area contributed by atoms with Gasteiger partial charge in [0.2, 0.25) is 0 Å². The fourth-order valence-electron chi connectivity index (χ4n) is 2.78. The third-order valence-corrected chi connectivity index (χ3v) is 3.81. The van der Waals surface area contributed by atoms with Gasteiger partial charge in [0, 0.05) is 28.4 Å². The Morgan fingerprint density at radius 1 is 1.05 bits per heavy atom. The third kappa shape index (κ3) is 1.72. The van der Waals surface area contributed by atoms with E-state index in [1.54, 1.807) is 0 Å². The third-order valence-electron chi connectivity index (χ3n) is 3.81. The van der Waals surface area contributed by atoms with E-state index >= 15 is 0 Å². The highest BCUT2D eigenvalue weighted by Gasteiger charge is 2.18. The number of nitrogen functional groups attached to an aromatic ring is 1. The molecule has 0 aliphatic heterocycles. The summed E-state index contributed by atoms with van der Waals surface area (Å²) in [5.74, 6) is 1.30. The van der Waals surface area contributed by atoms with Gasteiger partial charge in [0.05, 0.1) is 5.52 Å². The van der Waals surface area contributed by atoms with Crippen LogP contribution in [0.15, 0.2) is 36.5 Å². The van der Waals surface area contributed by atoms with Gasteiger partial charge in [0.15, 0.2) is 5.82 Å². The summed E-state index contributed by atoms with van der Waals surface area (Å²) in [5.41, 5.74) is 10.2. The average molecular weight is 262 g/mol. The number of rotatable bonds is 1. The number of benzene rings is 1. The summed E-state index contributed by atoms with van der Waals surface area (Å²) >= 11 is 0. The molecule has 1 aliphatic carbocycles. The summed E-state index contributed by atoms with van der Waals surface area (Å²) in [5, 5.41) is 1.09. The molecule has 0 atom stereocenters. The second kappa shape index (κ2) is 4.27. The fourth-order valence-corrected chi connectivity index (χ4v) is 2.78. The lowest BCUT2D eigenvalue weighted by Gasteiger charge is -2.07. The number of hydrogen-bond acceptors (Lipinski definition) is 4. The van der Waals surface area contributed by atoms with E-state index in [2.05, 4.69) is 21.0 Å². The van der Waals surface area contributed by atoms with Gasteiger partial charge in [-0.15, -0.1) is 0 Å². The smallest absolute Gasteiger partial charge is 0.163 e. The number of pyridine rings is 1. The number of hydrogen-bond donors (Lipinski definition) is 1. The Hall–Kier alpha value is -2.49. The average Bonchev–Trinajstić information content (AvgIpc) is 2.96. The van der Waals surface area contributed by atoms with Crippen molar-refractivity contribution in [3.8, 4) is 11.4 Å². The molecule has 0 unspecified atom stereocenters. The van der Waals surface area contributed by atoms with Crippen LogP contribution in [-0.2, 0) is 12.8 Å². The highest BCUT2D eigenvalue weighted by molar-refractivity contribution is 5.82. The van der Waals surface area contributed by atoms with Gasteiger partial charge in [0.1, 0.15) is 5.82 Å². The summed E-state index contributed by atoms with van der Waals surface area (Å²) in [6.07, 6.45) is 4.93. The van der Waals surface area contributed by atoms with Gasteiger partial charge in [-0.05, 0) is 31.4 Å². The normalized spacial score (nSPS) is 13.6. The van der Waals surface area contributed by atoms with Crippen LogP contribution in [0.4, 0.5) is 5.82 Å². The van der Waals surface area contributed by atoms with Crippen molar-refractivity contribution in [3.63, 3.8) is 0 Å². The molecule has 20 heavy (non-hydrogen) atoms. The number of aromatic nitrogens is 3. The summed E-state index contributed by atoms with van der Waals surface area (Å²) in [6.45, 7) is 0. The minimum Gasteiger partial charge on any atom is -0.383 e. The van der Waals surface area contributed by atoms with E-state index in [9.17, 15) is 0 Å². The monoisotopic (exact) mass is 262 g/mol. The first-order valence-electron chi connectivity index (χ1n) is 6.82. The van der Waals surface area contributed by atoms with Crippen LogP contribution in [0.3, 0.4) is 0 Å². The number of anilines is 1. The SMILES string of the molecule is Nc1nc(-c2cnc3ccccc3c2)nc2c1CCC2. The molecule has 0 spiro atoms. The Kier molecular flexibility index (Phi) is 2.42. The Labute approximate surface area is 116 Å². The van der Waals surface area contributed by atoms with Gasteiger partial charge in [-0.25, -0.2) is 9.97 Å². The first-order valence-corrected chi connectivity index (χ1v) is 6.82. The molecule has 4 rings (SSSR count). The van der Waals surface area contributed by atoms with Crippen LogP contribution in [0.1, 0.15) is 17.7 Å². The zero-order chi connectivity index (χ0) is 13.5. The number of para-hydroxylation sites is 1. The van der Waals surface area contributed by atoms with Gasteiger partial charge in [-0.3, -0.25) is 4.98 Å². The molecule has 0 bridgehead atoms. The van der Waals surface area contributed by atoms with E-state index < -0.39 is 0 Å². The zero-order valence-electron chi connectivity index (χ0n) is 11.0. The molecule has 0 saturated heterocycles. The molecular formula is C16H14N4. The molecule has 0 saturated carbocycles. The Morgan fingerprint density at radius 2 is 1.95 bits per heavy atom. The van der Waals surface area contributed by atoms with Crippen molar-refractivity contribution in [2.75, 3.05) is 5.73 Å². The van der Waals surface area contributed by atoms with Crippen LogP contribution >= 0.6 is 0 Å². The highest BCUT2D eigenvalue weighted by Crippen LogP contribution is 2.28. The molecule has 3 aromatic rings. The standard InChI is InChI=1S/C16H14N4/c17-15-12-5-3-7-14(12)19-16(20-15)11-8-10-4-1-2-6-13(10)18-9-11/h1-2,4,6,8-9H,3,5,7H2,(H2,17,19,20). The molecule has 1 aromatic carbocycles. The van der Waals surface area contributed by atoms with Crippen molar-refractivity contribution in [3.05, 3.63) is 47.8 Å². The molecule has 2 heterocycles. The molecule has 2 N–H and O–H groups in total. The number of nitrogens with two attached hydrogens (primary N) is 1. The molecule has 0 fully saturated rings. The molecule has 98 valence electrons. The summed E-state index contributed by atoms with van der Waals surface area (Å²) in [4.78, 5) is 13.6. The first kappa shape index (κ1) is 11.3. The second-order valence-corrected chi connectivity index (χ2v) is 5.13. The Balaban J connectivity index is 1.88. The van der Waals surface area contributed by atoms with Crippen LogP contribution in [-0.4, -0.2) is 15.0 Å². The highest BCUT2D eigenvalue weighted by atomic mass is 15.0. The van der Waals surface area contributed by atoms with E-state index in [0.717, 1.165) is 47.0 Å². The Bertz CT molecular complexity index is 811. The maximum Gasteiger partial charge on any atom is 0.163 e. The molecule has 4 nitrogen and oxygen atoms in total. The summed E-state index contributed by atoms with van der Waals surface area (Å²) < 4.78 is 0. The molecule has 4 heteroatoms. The maximum absolute atomic E-state index is 6.05. The van der Waals surface area contributed by atoms with Crippen molar-refractivity contribution in [2.45, 2.75) is 19.3 Å². The lowest BCUT2D eigenvalue weighted by atomic mass is 10.1. The van der Waals surface area contributed by atoms with Gasteiger partial charge in [-0.1, -0.05) is 18.2 Å². The zero-order valence-corrected chi connectivity index (χ0v) is 11.0. The Morgan fingerprint density at radius 3 is 2.90 bits per heavy atom. The van der Waals surface area contributed by atoms with Crippen molar-refractivity contribution >= 4 is 16.7 Å². The second-order valence-electron chi connectivity index (χ2n) is 5.13. The van der Waals surface area contributed by atoms with Crippen LogP contribution < -0.4 is 5.73 Å². The number of aryl methyl sites for hydroxylation is 1. The molecule has 0 radical (unpaired) electrons. The lowest BCUT2D eigenvalue weighted by molar-refractivity contribution is 0.900. The topological polar surface area (TPSA) is 64.7 Å². The van der Waals surface area contributed by atoms with Gasteiger partial charge >= 0.3 is 0 Å². The van der Waals surface area contributed by atoms with Gasteiger partial charge in [-0.2, -0.15) is 0 Å². The maximum atomic E-state index is 6.05. The summed E-state index contributed by atoms with van der Waals surface area (Å²) in [7, 11) is 0. The van der Waals surface area contributed by atoms with Crippen LogP contribution in [0, 0.1) is 0 Å². The van der Waals surface area contributed by atoms with E-state index in [-0.39, 0.29) is 0 Å². The van der Waals surface area contributed by atoms with Crippen LogP contribution in [0.2, 0.25) is 0 Å². The quantitative estimate of drug-likeness (QED) is 0.732. The van der Waals surface area contributed by atoms with E-state index in [4.69, 9.17) is 5.73 Å². The fraction of sp³-hybridized carbons (Fsp3) is 0.188. The van der Waals surface area contributed by atoms with Crippen molar-refractivity contribution in [1.29, 1.82) is 0 Å². The van der Waals surface area contributed by atoms with Crippen LogP contribution in [0.5, 0.6) is 0 Å². The van der Waals surface area contributed by atoms with E-state index in [0.29, 0.717) is 11.6 Å². The van der Waals surface area contributed by atoms with Crippen molar-refractivity contribution in [2.24, 2.45) is 0 Å². The predicted molar refractivity (Wildman–Crippen MR) is 79.2 cm³/mol. The minimum absolute atomic E-state index is 0.621.